The summed E-state index contributed by atoms with van der Waals surface area (Å²) in [6.45, 7) is 18.0. The molecule has 0 spiro atoms. The lowest BCUT2D eigenvalue weighted by molar-refractivity contribution is 0.569. The van der Waals surface area contributed by atoms with E-state index < -0.39 is 0 Å². The molecule has 0 saturated heterocycles. The van der Waals surface area contributed by atoms with Gasteiger partial charge in [0.2, 0.25) is 0 Å². The summed E-state index contributed by atoms with van der Waals surface area (Å²) in [4.78, 5) is 6.32. The number of benzene rings is 2. The predicted molar refractivity (Wildman–Crippen MR) is 137 cm³/mol. The van der Waals surface area contributed by atoms with Crippen LogP contribution in [-0.4, -0.2) is 4.98 Å². The van der Waals surface area contributed by atoms with Crippen LogP contribution in [0, 0.1) is 13.8 Å². The average molecular weight is 428 g/mol. The lowest BCUT2D eigenvalue weighted by Gasteiger charge is -2.26. The number of thiophene rings is 1. The van der Waals surface area contributed by atoms with Gasteiger partial charge in [0.15, 0.2) is 0 Å². The first-order valence-corrected chi connectivity index (χ1v) is 11.9. The molecule has 2 heteroatoms. The molecule has 0 atom stereocenters. The second kappa shape index (κ2) is 7.60. The van der Waals surface area contributed by atoms with Gasteiger partial charge in [-0.1, -0.05) is 64.8 Å². The first-order chi connectivity index (χ1) is 14.4. The van der Waals surface area contributed by atoms with E-state index in [2.05, 4.69) is 110 Å². The molecule has 0 aliphatic heterocycles. The van der Waals surface area contributed by atoms with Crippen molar-refractivity contribution in [1.29, 1.82) is 0 Å². The maximum Gasteiger partial charge on any atom is 0.0823 e. The molecule has 0 aliphatic carbocycles. The van der Waals surface area contributed by atoms with Crippen molar-refractivity contribution in [2.75, 3.05) is 0 Å². The van der Waals surface area contributed by atoms with Crippen LogP contribution < -0.4 is 0 Å². The maximum absolute atomic E-state index is 5.03. The minimum Gasteiger partial charge on any atom is -0.247 e. The molecule has 0 aliphatic rings. The molecule has 2 heterocycles. The molecule has 0 unspecified atom stereocenters. The minimum absolute atomic E-state index is 0.112. The van der Waals surface area contributed by atoms with Gasteiger partial charge in [0.1, 0.15) is 0 Å². The van der Waals surface area contributed by atoms with Crippen molar-refractivity contribution in [3.8, 4) is 21.7 Å². The summed E-state index contributed by atoms with van der Waals surface area (Å²) in [5.74, 6) is 0. The fourth-order valence-corrected chi connectivity index (χ4v) is 4.97. The molecule has 2 aromatic carbocycles. The Morgan fingerprint density at radius 3 is 1.77 bits per heavy atom. The fourth-order valence-electron chi connectivity index (χ4n) is 3.99. The van der Waals surface area contributed by atoms with Crippen LogP contribution in [0.5, 0.6) is 0 Å². The van der Waals surface area contributed by atoms with Gasteiger partial charge in [-0.15, -0.1) is 11.3 Å². The normalized spacial score (nSPS) is 12.5. The summed E-state index contributed by atoms with van der Waals surface area (Å²) in [7, 11) is 0. The molecular weight excluding hydrogens is 394 g/mol. The monoisotopic (exact) mass is 427 g/mol. The van der Waals surface area contributed by atoms with E-state index in [1.807, 2.05) is 11.3 Å². The van der Waals surface area contributed by atoms with Crippen LogP contribution in [0.25, 0.3) is 31.9 Å². The van der Waals surface area contributed by atoms with E-state index in [-0.39, 0.29) is 10.8 Å². The highest BCUT2D eigenvalue weighted by molar-refractivity contribution is 7.22. The largest absolute Gasteiger partial charge is 0.247 e. The number of nitrogens with zero attached hydrogens (tertiary/aromatic N) is 1. The Morgan fingerprint density at radius 1 is 0.645 bits per heavy atom. The number of pyridine rings is 1. The Bertz CT molecular complexity index is 1210. The third-order valence-electron chi connectivity index (χ3n) is 5.84. The molecule has 4 aromatic rings. The summed E-state index contributed by atoms with van der Waals surface area (Å²) in [5.41, 5.74) is 10.2. The quantitative estimate of drug-likeness (QED) is 0.311. The van der Waals surface area contributed by atoms with Crippen LogP contribution in [-0.2, 0) is 10.8 Å². The number of hydrogen-bond acceptors (Lipinski definition) is 2. The molecule has 31 heavy (non-hydrogen) atoms. The van der Waals surface area contributed by atoms with Crippen LogP contribution in [0.2, 0.25) is 0 Å². The van der Waals surface area contributed by atoms with Gasteiger partial charge < -0.3 is 0 Å². The lowest BCUT2D eigenvalue weighted by Crippen LogP contribution is -2.16. The van der Waals surface area contributed by atoms with E-state index in [0.717, 1.165) is 11.2 Å². The first kappa shape index (κ1) is 21.8. The van der Waals surface area contributed by atoms with Crippen molar-refractivity contribution in [1.82, 2.24) is 4.98 Å². The van der Waals surface area contributed by atoms with Crippen molar-refractivity contribution in [2.45, 2.75) is 66.2 Å². The van der Waals surface area contributed by atoms with Gasteiger partial charge in [-0.25, -0.2) is 4.98 Å². The third-order valence-corrected chi connectivity index (χ3v) is 6.98. The van der Waals surface area contributed by atoms with Crippen molar-refractivity contribution in [2.24, 2.45) is 0 Å². The van der Waals surface area contributed by atoms with Crippen LogP contribution in [0.15, 0.2) is 54.6 Å². The van der Waals surface area contributed by atoms with Crippen molar-refractivity contribution >= 4 is 21.6 Å². The highest BCUT2D eigenvalue weighted by Gasteiger charge is 2.21. The Balaban J connectivity index is 1.83. The molecule has 160 valence electrons. The summed E-state index contributed by atoms with van der Waals surface area (Å²) in [6, 6.07) is 20.4. The third kappa shape index (κ3) is 4.60. The maximum atomic E-state index is 5.03. The smallest absolute Gasteiger partial charge is 0.0823 e. The van der Waals surface area contributed by atoms with E-state index in [4.69, 9.17) is 4.98 Å². The first-order valence-electron chi connectivity index (χ1n) is 11.1. The van der Waals surface area contributed by atoms with Gasteiger partial charge in [0.25, 0.3) is 0 Å². The molecule has 0 amide bonds. The van der Waals surface area contributed by atoms with Crippen LogP contribution in [0.4, 0.5) is 0 Å². The van der Waals surface area contributed by atoms with Crippen LogP contribution in [0.3, 0.4) is 0 Å². The van der Waals surface area contributed by atoms with E-state index in [1.54, 1.807) is 0 Å². The van der Waals surface area contributed by atoms with Gasteiger partial charge in [-0.05, 0) is 83.8 Å². The fraction of sp³-hybridized carbons (Fsp3) is 0.345. The molecule has 1 nitrogen and oxygen atoms in total. The summed E-state index contributed by atoms with van der Waals surface area (Å²) < 4.78 is 1.24. The van der Waals surface area contributed by atoms with Gasteiger partial charge in [-0.3, -0.25) is 0 Å². The van der Waals surface area contributed by atoms with Gasteiger partial charge >= 0.3 is 0 Å². The predicted octanol–water partition coefficient (Wildman–Crippen LogP) is 8.84. The topological polar surface area (TPSA) is 12.9 Å². The minimum atomic E-state index is 0.112. The van der Waals surface area contributed by atoms with Crippen LogP contribution >= 0.6 is 11.3 Å². The number of rotatable bonds is 2. The Kier molecular flexibility index (Phi) is 5.34. The second-order valence-electron chi connectivity index (χ2n) is 10.9. The molecule has 0 bridgehead atoms. The lowest BCUT2D eigenvalue weighted by atomic mass is 9.79. The summed E-state index contributed by atoms with van der Waals surface area (Å²) in [6.07, 6.45) is 0. The van der Waals surface area contributed by atoms with Gasteiger partial charge in [0.05, 0.1) is 15.9 Å². The average Bonchev–Trinajstić information content (AvgIpc) is 3.09. The SMILES string of the molecule is Cc1cc(C)cc(-c2ccc3sc(-c4cc(C(C)(C)C)cc(C(C)(C)C)c4)cc3n2)c1. The Hall–Kier alpha value is -2.45. The molecule has 0 saturated carbocycles. The van der Waals surface area contributed by atoms with Gasteiger partial charge in [-0.2, -0.15) is 0 Å². The summed E-state index contributed by atoms with van der Waals surface area (Å²) >= 11 is 1.84. The summed E-state index contributed by atoms with van der Waals surface area (Å²) in [5, 5.41) is 0. The zero-order valence-corrected chi connectivity index (χ0v) is 20.9. The Morgan fingerprint density at radius 2 is 1.23 bits per heavy atom. The number of fused-ring (bicyclic) bond motifs is 1. The van der Waals surface area contributed by atoms with E-state index in [1.165, 1.54) is 43.0 Å². The van der Waals surface area contributed by atoms with E-state index in [9.17, 15) is 0 Å². The molecule has 0 radical (unpaired) electrons. The molecular formula is C29H33NS. The van der Waals surface area contributed by atoms with Crippen molar-refractivity contribution in [3.05, 3.63) is 76.9 Å². The van der Waals surface area contributed by atoms with Crippen molar-refractivity contribution < 1.29 is 0 Å². The number of hydrogen-bond donors (Lipinski definition) is 0. The van der Waals surface area contributed by atoms with E-state index in [0.29, 0.717) is 0 Å². The zero-order chi connectivity index (χ0) is 22.6. The van der Waals surface area contributed by atoms with E-state index >= 15 is 0 Å². The molecule has 0 fully saturated rings. The van der Waals surface area contributed by atoms with Gasteiger partial charge in [0, 0.05) is 10.4 Å². The van der Waals surface area contributed by atoms with Crippen LogP contribution in [0.1, 0.15) is 63.8 Å². The standard InChI is InChI=1S/C29H33NS/c1-18-11-19(2)13-20(12-18)24-9-10-26-25(30-24)17-27(31-26)21-14-22(28(3,4)5)16-23(15-21)29(6,7)8/h9-17H,1-8H3. The number of aromatic nitrogens is 1. The highest BCUT2D eigenvalue weighted by Crippen LogP contribution is 2.38. The zero-order valence-electron chi connectivity index (χ0n) is 20.1. The Labute approximate surface area is 191 Å². The molecule has 4 rings (SSSR count). The number of aryl methyl sites for hydroxylation is 2. The molecule has 0 N–H and O–H groups in total. The second-order valence-corrected chi connectivity index (χ2v) is 11.9. The highest BCUT2D eigenvalue weighted by atomic mass is 32.1. The van der Waals surface area contributed by atoms with Crippen molar-refractivity contribution in [3.63, 3.8) is 0 Å². The molecule has 2 aromatic heterocycles.